The molecule has 0 aliphatic heterocycles. The van der Waals surface area contributed by atoms with Crippen molar-refractivity contribution in [1.82, 2.24) is 0 Å². The summed E-state index contributed by atoms with van der Waals surface area (Å²) in [6.07, 6.45) is 0.972. The van der Waals surface area contributed by atoms with Crippen LogP contribution in [0.15, 0.2) is 0 Å². The normalized spacial score (nSPS) is 6.11. The first-order valence-corrected chi connectivity index (χ1v) is 2.38. The predicted molar refractivity (Wildman–Crippen MR) is 32.1 cm³/mol. The van der Waals surface area contributed by atoms with Crippen molar-refractivity contribution in [1.29, 1.82) is 0 Å². The molecule has 3 N–H and O–H groups in total. The summed E-state index contributed by atoms with van der Waals surface area (Å²) in [5.74, 6) is -0.833. The molecule has 0 amide bonds. The summed E-state index contributed by atoms with van der Waals surface area (Å²) in [5.41, 5.74) is 4.90. The molecule has 0 radical (unpaired) electrons. The maximum absolute atomic E-state index is 9.00. The van der Waals surface area contributed by atoms with Crippen LogP contribution in [0.5, 0.6) is 0 Å². The molecule has 0 aliphatic rings. The Morgan fingerprint density at radius 3 is 1.89 bits per heavy atom. The second kappa shape index (κ2) is 16.0. The topological polar surface area (TPSA) is 63.3 Å². The van der Waals surface area contributed by atoms with Crippen LogP contribution in [0.3, 0.4) is 0 Å². The third-order valence-electron chi connectivity index (χ3n) is 0.236. The summed E-state index contributed by atoms with van der Waals surface area (Å²) >= 11 is 0. The molecule has 0 saturated carbocycles. The van der Waals surface area contributed by atoms with Crippen molar-refractivity contribution in [2.24, 2.45) is 5.73 Å². The van der Waals surface area contributed by atoms with Gasteiger partial charge in [0.25, 0.3) is 5.97 Å². The number of carboxylic acids is 1. The van der Waals surface area contributed by atoms with E-state index in [1.807, 2.05) is 6.92 Å². The summed E-state index contributed by atoms with van der Waals surface area (Å²) in [6.45, 7) is 4.71. The van der Waals surface area contributed by atoms with E-state index in [9.17, 15) is 0 Å². The van der Waals surface area contributed by atoms with E-state index < -0.39 is 5.97 Å². The maximum Gasteiger partial charge on any atom is 1.00 e. The van der Waals surface area contributed by atoms with Gasteiger partial charge in [-0.2, -0.15) is 6.42 Å². The van der Waals surface area contributed by atoms with Crippen LogP contribution in [0.2, 0.25) is 0 Å². The summed E-state index contributed by atoms with van der Waals surface area (Å²) in [6, 6.07) is 0. The Labute approximate surface area is 98.4 Å². The van der Waals surface area contributed by atoms with E-state index in [0.717, 1.165) is 13.3 Å². The van der Waals surface area contributed by atoms with Crippen LogP contribution >= 0.6 is 0 Å². The van der Waals surface area contributed by atoms with Crippen LogP contribution < -0.4 is 57.1 Å². The van der Waals surface area contributed by atoms with Crippen LogP contribution in [-0.4, -0.2) is 11.1 Å². The average Bonchev–Trinajstić information content (AvgIpc) is 1.65. The molecule has 0 aliphatic carbocycles. The Morgan fingerprint density at radius 2 is 1.89 bits per heavy atom. The number of carboxylic acid groups (broad SMARTS) is 1. The minimum absolute atomic E-state index is 0. The zero-order valence-corrected chi connectivity index (χ0v) is 9.34. The van der Waals surface area contributed by atoms with E-state index in [2.05, 4.69) is 0 Å². The van der Waals surface area contributed by atoms with Crippen molar-refractivity contribution in [3.8, 4) is 0 Å². The molecule has 0 saturated heterocycles. The Morgan fingerprint density at radius 1 is 1.78 bits per heavy atom. The molecule has 4 heteroatoms. The maximum atomic E-state index is 9.00. The fourth-order valence-corrected chi connectivity index (χ4v) is 0. The molecule has 3 nitrogen and oxygen atoms in total. The van der Waals surface area contributed by atoms with Gasteiger partial charge >= 0.3 is 51.4 Å². The number of hydrogen-bond acceptors (Lipinski definition) is 2. The molecule has 0 bridgehead atoms. The van der Waals surface area contributed by atoms with Crippen LogP contribution in [-0.2, 0) is 4.79 Å². The smallest absolute Gasteiger partial charge is 0.483 e. The van der Waals surface area contributed by atoms with Gasteiger partial charge in [0.2, 0.25) is 0 Å². The van der Waals surface area contributed by atoms with Gasteiger partial charge in [-0.3, -0.25) is 11.3 Å². The van der Waals surface area contributed by atoms with Crippen molar-refractivity contribution < 1.29 is 61.3 Å². The summed E-state index contributed by atoms with van der Waals surface area (Å²) < 4.78 is 0. The zero-order chi connectivity index (χ0) is 6.99. The first-order chi connectivity index (χ1) is 3.65. The van der Waals surface area contributed by atoms with Gasteiger partial charge in [0.05, 0.1) is 0 Å². The second-order valence-electron chi connectivity index (χ2n) is 1.16. The van der Waals surface area contributed by atoms with Gasteiger partial charge in [0.15, 0.2) is 0 Å². The summed E-state index contributed by atoms with van der Waals surface area (Å²) in [5, 5.41) is 7.42. The standard InChI is InChI=1S/C3H8N.C2H4O2.K/c1-2-3-4;1-2(3)4;/h3H,2,4H2,1H3;1H3,(H,3,4);/q-1;;+1. The Bertz CT molecular complexity index is 52.9. The molecule has 0 fully saturated rings. The SMILES string of the molecule is CC(=O)O.CC[CH-]N.[K+]. The summed E-state index contributed by atoms with van der Waals surface area (Å²) in [7, 11) is 0. The molecule has 0 rings (SSSR count). The van der Waals surface area contributed by atoms with Gasteiger partial charge in [-0.1, -0.05) is 6.92 Å². The molecule has 50 valence electrons. The average molecular weight is 157 g/mol. The van der Waals surface area contributed by atoms with Gasteiger partial charge in [0, 0.05) is 6.92 Å². The minimum Gasteiger partial charge on any atom is -0.483 e. The van der Waals surface area contributed by atoms with Crippen molar-refractivity contribution in [2.45, 2.75) is 20.3 Å². The molecule has 0 unspecified atom stereocenters. The van der Waals surface area contributed by atoms with Crippen molar-refractivity contribution in [2.75, 3.05) is 0 Å². The molecular formula is C5H12KNO2. The molecule has 0 atom stereocenters. The molecule has 0 aromatic rings. The van der Waals surface area contributed by atoms with Crippen LogP contribution in [0, 0.1) is 6.54 Å². The molecule has 9 heavy (non-hydrogen) atoms. The monoisotopic (exact) mass is 157 g/mol. The van der Waals surface area contributed by atoms with Gasteiger partial charge in [-0.05, 0) is 0 Å². The molecule has 0 heterocycles. The fourth-order valence-electron chi connectivity index (χ4n) is 0. The van der Waals surface area contributed by atoms with E-state index in [-0.39, 0.29) is 51.4 Å². The fraction of sp³-hybridized carbons (Fsp3) is 0.600. The third-order valence-corrected chi connectivity index (χ3v) is 0.236. The Kier molecular flexibility index (Phi) is 29.5. The Balaban J connectivity index is -0.0000000720. The third kappa shape index (κ3) is 106. The Hall–Kier alpha value is 1.07. The number of rotatable bonds is 1. The van der Waals surface area contributed by atoms with Crippen molar-refractivity contribution >= 4 is 5.97 Å². The largest absolute Gasteiger partial charge is 1.00 e. The van der Waals surface area contributed by atoms with Crippen LogP contribution in [0.25, 0.3) is 0 Å². The first-order valence-electron chi connectivity index (χ1n) is 2.38. The number of aliphatic carboxylic acids is 1. The second-order valence-corrected chi connectivity index (χ2v) is 1.16. The van der Waals surface area contributed by atoms with Crippen molar-refractivity contribution in [3.05, 3.63) is 6.54 Å². The van der Waals surface area contributed by atoms with Gasteiger partial charge in [0.1, 0.15) is 0 Å². The van der Waals surface area contributed by atoms with E-state index in [1.165, 1.54) is 0 Å². The van der Waals surface area contributed by atoms with E-state index in [1.54, 1.807) is 6.54 Å². The van der Waals surface area contributed by atoms with E-state index in [0.29, 0.717) is 0 Å². The number of hydrogen-bond donors (Lipinski definition) is 2. The quantitative estimate of drug-likeness (QED) is 0.330. The first kappa shape index (κ1) is 16.6. The van der Waals surface area contributed by atoms with Gasteiger partial charge in [-0.25, -0.2) is 0 Å². The molecule has 0 spiro atoms. The van der Waals surface area contributed by atoms with E-state index >= 15 is 0 Å². The summed E-state index contributed by atoms with van der Waals surface area (Å²) in [4.78, 5) is 9.00. The van der Waals surface area contributed by atoms with Crippen LogP contribution in [0.4, 0.5) is 0 Å². The number of carbonyl (C=O) groups is 1. The molecule has 0 aromatic carbocycles. The van der Waals surface area contributed by atoms with Crippen molar-refractivity contribution in [3.63, 3.8) is 0 Å². The predicted octanol–water partition coefficient (Wildman–Crippen LogP) is -2.39. The van der Waals surface area contributed by atoms with E-state index in [4.69, 9.17) is 15.6 Å². The number of nitrogens with two attached hydrogens (primary N) is 1. The van der Waals surface area contributed by atoms with Crippen LogP contribution in [0.1, 0.15) is 20.3 Å². The molecule has 0 aromatic heterocycles. The molecular weight excluding hydrogens is 145 g/mol. The zero-order valence-electron chi connectivity index (χ0n) is 6.22. The van der Waals surface area contributed by atoms with Gasteiger partial charge in [-0.15, -0.1) is 0 Å². The van der Waals surface area contributed by atoms with Gasteiger partial charge < -0.3 is 10.8 Å². The minimum atomic E-state index is -0.833.